The van der Waals surface area contributed by atoms with E-state index in [2.05, 4.69) is 55.5 Å². The van der Waals surface area contributed by atoms with Gasteiger partial charge in [-0.25, -0.2) is 9.59 Å². The molecule has 64 heavy (non-hydrogen) atoms. The molecule has 3 amide bonds. The number of rotatable bonds is 15. The fourth-order valence-electron chi connectivity index (χ4n) is 8.49. The number of fused-ring (bicyclic) bond motifs is 1. The lowest BCUT2D eigenvalue weighted by molar-refractivity contribution is -0.139. The molecule has 0 aliphatic carbocycles. The summed E-state index contributed by atoms with van der Waals surface area (Å²) < 4.78 is 7.60. The number of aromatic carboxylic acids is 1. The number of benzene rings is 3. The molecule has 1 aromatic heterocycles. The Kier molecular flexibility index (Phi) is 15.6. The topological polar surface area (TPSA) is 198 Å². The highest BCUT2D eigenvalue weighted by Gasteiger charge is 2.39. The van der Waals surface area contributed by atoms with E-state index in [-0.39, 0.29) is 39.8 Å². The zero-order valence-corrected chi connectivity index (χ0v) is 37.7. The number of imide groups is 1. The van der Waals surface area contributed by atoms with Crippen molar-refractivity contribution in [3.05, 3.63) is 98.9 Å². The molecule has 4 aromatic rings. The fourth-order valence-corrected chi connectivity index (χ4v) is 10.9. The molecule has 0 spiro atoms. The SMILES string of the molecule is CNc1cccc(CSN2CCC(Nc3cccc(-c4sc(C(=O)O)c(OCC(=O)O)c4Cl)c3)CC2)c1.O=CCN1CCC(c2ccc3c(c2)CN(C2CCC(=O)NC2=O)C3=O)CC1. The highest BCUT2D eigenvalue weighted by atomic mass is 35.5. The van der Waals surface area contributed by atoms with Gasteiger partial charge < -0.3 is 35.3 Å². The van der Waals surface area contributed by atoms with Crippen LogP contribution in [0, 0.1) is 0 Å². The Morgan fingerprint density at radius 3 is 2.41 bits per heavy atom. The second-order valence-corrected chi connectivity index (χ2v) is 18.6. The van der Waals surface area contributed by atoms with E-state index < -0.39 is 24.6 Å². The van der Waals surface area contributed by atoms with Gasteiger partial charge in [0.15, 0.2) is 17.2 Å². The molecule has 338 valence electrons. The third kappa shape index (κ3) is 11.4. The van der Waals surface area contributed by atoms with Crippen LogP contribution < -0.4 is 20.7 Å². The lowest BCUT2D eigenvalue weighted by Crippen LogP contribution is -2.52. The molecule has 1 unspecified atom stereocenters. The second-order valence-electron chi connectivity index (χ2n) is 16.1. The molecule has 5 heterocycles. The van der Waals surface area contributed by atoms with Crippen molar-refractivity contribution in [3.8, 4) is 16.2 Å². The van der Waals surface area contributed by atoms with Gasteiger partial charge in [-0.2, -0.15) is 0 Å². The van der Waals surface area contributed by atoms with Crippen molar-refractivity contribution in [1.82, 2.24) is 19.4 Å². The molecular formula is C46H51ClN6O9S2. The van der Waals surface area contributed by atoms with Crippen LogP contribution >= 0.6 is 34.9 Å². The van der Waals surface area contributed by atoms with Crippen LogP contribution in [0.4, 0.5) is 11.4 Å². The highest BCUT2D eigenvalue weighted by molar-refractivity contribution is 7.96. The Morgan fingerprint density at radius 2 is 1.70 bits per heavy atom. The lowest BCUT2D eigenvalue weighted by atomic mass is 9.88. The quantitative estimate of drug-likeness (QED) is 0.0473. The second kappa shape index (κ2) is 21.5. The van der Waals surface area contributed by atoms with Gasteiger partial charge in [0.1, 0.15) is 17.4 Å². The summed E-state index contributed by atoms with van der Waals surface area (Å²) in [4.78, 5) is 73.6. The van der Waals surface area contributed by atoms with Gasteiger partial charge in [-0.15, -0.1) is 11.3 Å². The van der Waals surface area contributed by atoms with Crippen LogP contribution in [0.1, 0.15) is 81.2 Å². The Balaban J connectivity index is 0.000000201. The van der Waals surface area contributed by atoms with Gasteiger partial charge in [0.05, 0.1) is 11.4 Å². The van der Waals surface area contributed by atoms with Crippen molar-refractivity contribution in [3.63, 3.8) is 0 Å². The number of likely N-dealkylation sites (tertiary alicyclic amines) is 1. The molecule has 0 bridgehead atoms. The van der Waals surface area contributed by atoms with E-state index in [4.69, 9.17) is 21.4 Å². The van der Waals surface area contributed by atoms with E-state index >= 15 is 0 Å². The first-order valence-corrected chi connectivity index (χ1v) is 23.4. The predicted octanol–water partition coefficient (Wildman–Crippen LogP) is 6.82. The number of carbonyl (C=O) groups excluding carboxylic acids is 4. The lowest BCUT2D eigenvalue weighted by Gasteiger charge is -2.32. The number of aliphatic carboxylic acids is 1. The van der Waals surface area contributed by atoms with E-state index in [9.17, 15) is 33.9 Å². The van der Waals surface area contributed by atoms with E-state index in [0.29, 0.717) is 41.9 Å². The fraction of sp³-hybridized carbons (Fsp3) is 0.391. The number of hydrogen-bond donors (Lipinski definition) is 5. The highest BCUT2D eigenvalue weighted by Crippen LogP contribution is 2.46. The van der Waals surface area contributed by atoms with Crippen molar-refractivity contribution in [2.24, 2.45) is 0 Å². The number of aldehydes is 1. The summed E-state index contributed by atoms with van der Waals surface area (Å²) >= 11 is 9.27. The summed E-state index contributed by atoms with van der Waals surface area (Å²) in [5.41, 5.74) is 6.90. The average molecular weight is 932 g/mol. The number of nitrogens with one attached hydrogen (secondary N) is 3. The van der Waals surface area contributed by atoms with E-state index in [0.717, 1.165) is 97.7 Å². The van der Waals surface area contributed by atoms with Crippen molar-refractivity contribution >= 4 is 82.2 Å². The summed E-state index contributed by atoms with van der Waals surface area (Å²) in [5.74, 6) is -1.96. The Hall–Kier alpha value is -5.46. The zero-order chi connectivity index (χ0) is 45.3. The number of carboxylic acids is 2. The van der Waals surface area contributed by atoms with Crippen LogP contribution in [0.2, 0.25) is 5.02 Å². The number of anilines is 2. The third-order valence-electron chi connectivity index (χ3n) is 11.9. The molecule has 4 aliphatic heterocycles. The number of nitrogens with zero attached hydrogens (tertiary/aromatic N) is 3. The van der Waals surface area contributed by atoms with Gasteiger partial charge in [0.2, 0.25) is 11.8 Å². The number of carboxylic acid groups (broad SMARTS) is 2. The normalized spacial score (nSPS) is 18.4. The number of amides is 3. The number of carbonyl (C=O) groups is 6. The maximum absolute atomic E-state index is 12.7. The molecule has 5 N–H and O–H groups in total. The number of thiophene rings is 1. The molecule has 3 aromatic carbocycles. The van der Waals surface area contributed by atoms with Crippen molar-refractivity contribution in [2.75, 3.05) is 57.0 Å². The summed E-state index contributed by atoms with van der Waals surface area (Å²) in [7, 11) is 1.93. The maximum Gasteiger partial charge on any atom is 0.349 e. The molecule has 0 saturated carbocycles. The Morgan fingerprint density at radius 1 is 0.953 bits per heavy atom. The molecule has 1 atom stereocenters. The van der Waals surface area contributed by atoms with Gasteiger partial charge in [0, 0.05) is 61.8 Å². The van der Waals surface area contributed by atoms with Crippen LogP contribution in [-0.2, 0) is 31.5 Å². The van der Waals surface area contributed by atoms with Crippen LogP contribution in [-0.4, -0.2) is 119 Å². The van der Waals surface area contributed by atoms with E-state index in [1.54, 1.807) is 4.90 Å². The zero-order valence-electron chi connectivity index (χ0n) is 35.3. The molecule has 8 rings (SSSR count). The minimum atomic E-state index is -1.22. The number of halogens is 1. The molecule has 4 aliphatic rings. The van der Waals surface area contributed by atoms with Crippen molar-refractivity contribution in [1.29, 1.82) is 0 Å². The first-order chi connectivity index (χ1) is 30.9. The first-order valence-electron chi connectivity index (χ1n) is 21.3. The molecule has 3 saturated heterocycles. The largest absolute Gasteiger partial charge is 0.479 e. The van der Waals surface area contributed by atoms with Crippen LogP contribution in [0.25, 0.3) is 10.4 Å². The Bertz CT molecular complexity index is 2380. The summed E-state index contributed by atoms with van der Waals surface area (Å²) in [6.45, 7) is 4.01. The minimum absolute atomic E-state index is 0.103. The number of ether oxygens (including phenoxy) is 1. The standard InChI is InChI=1S/C26H28ClN3O5S2.C20H23N3O4/c1-28-19-6-2-4-16(12-19)15-36-30-10-8-18(9-11-30)29-20-7-3-5-17(13-20)24-22(27)23(35-14-21(31)32)25(37-24)26(33)34;24-10-9-22-7-5-13(6-8-22)14-1-2-16-15(11-14)12-23(20(16)27)17-3-4-18(25)21-19(17)26/h2-7,12-13,18,28-29H,8-11,14-15H2,1H3,(H,31,32)(H,33,34);1-2,10-11,13,17H,3-9,12H2,(H,21,25,26). The number of hydrogen-bond acceptors (Lipinski definition) is 13. The van der Waals surface area contributed by atoms with Gasteiger partial charge in [-0.3, -0.25) is 28.9 Å². The molecule has 15 nitrogen and oxygen atoms in total. The van der Waals surface area contributed by atoms with Crippen molar-refractivity contribution < 1.29 is 43.7 Å². The molecular weight excluding hydrogens is 880 g/mol. The summed E-state index contributed by atoms with van der Waals surface area (Å²) in [6.07, 6.45) is 5.60. The van der Waals surface area contributed by atoms with E-state index in [1.807, 2.05) is 55.4 Å². The molecule has 0 radical (unpaired) electrons. The smallest absolute Gasteiger partial charge is 0.349 e. The minimum Gasteiger partial charge on any atom is -0.479 e. The van der Waals surface area contributed by atoms with Crippen LogP contribution in [0.15, 0.2) is 66.7 Å². The van der Waals surface area contributed by atoms with Gasteiger partial charge >= 0.3 is 11.9 Å². The van der Waals surface area contributed by atoms with Gasteiger partial charge in [0.25, 0.3) is 5.91 Å². The molecule has 18 heteroatoms. The van der Waals surface area contributed by atoms with Crippen LogP contribution in [0.5, 0.6) is 5.75 Å². The third-order valence-corrected chi connectivity index (χ3v) is 14.7. The number of piperidine rings is 3. The van der Waals surface area contributed by atoms with Gasteiger partial charge in [-0.1, -0.05) is 59.9 Å². The van der Waals surface area contributed by atoms with Crippen molar-refractivity contribution in [2.45, 2.75) is 68.8 Å². The predicted molar refractivity (Wildman–Crippen MR) is 247 cm³/mol. The molecule has 3 fully saturated rings. The monoisotopic (exact) mass is 930 g/mol. The average Bonchev–Trinajstić information content (AvgIpc) is 3.81. The van der Waals surface area contributed by atoms with Gasteiger partial charge in [-0.05, 0) is 104 Å². The van der Waals surface area contributed by atoms with Crippen LogP contribution in [0.3, 0.4) is 0 Å². The Labute approximate surface area is 384 Å². The summed E-state index contributed by atoms with van der Waals surface area (Å²) in [6, 6.07) is 21.8. The summed E-state index contributed by atoms with van der Waals surface area (Å²) in [5, 5.41) is 27.6. The van der Waals surface area contributed by atoms with E-state index in [1.165, 1.54) is 11.1 Å². The maximum atomic E-state index is 12.7. The first kappa shape index (κ1) is 46.5.